The van der Waals surface area contributed by atoms with Gasteiger partial charge in [-0.25, -0.2) is 27.8 Å². The van der Waals surface area contributed by atoms with E-state index in [0.717, 1.165) is 17.3 Å². The minimum absolute atomic E-state index is 0.271. The third kappa shape index (κ3) is 5.29. The highest BCUT2D eigenvalue weighted by Crippen LogP contribution is 2.32. The number of halogens is 3. The molecule has 0 spiro atoms. The summed E-state index contributed by atoms with van der Waals surface area (Å²) in [5, 5.41) is 4.08. The summed E-state index contributed by atoms with van der Waals surface area (Å²) in [5.41, 5.74) is 4.15. The maximum atomic E-state index is 14.2. The van der Waals surface area contributed by atoms with Crippen LogP contribution in [0.4, 0.5) is 19.0 Å². The molecule has 1 aliphatic heterocycles. The lowest BCUT2D eigenvalue weighted by Crippen LogP contribution is -2.46. The first-order chi connectivity index (χ1) is 17.8. The molecule has 1 saturated heterocycles. The van der Waals surface area contributed by atoms with Gasteiger partial charge < -0.3 is 4.90 Å². The molecule has 7 nitrogen and oxygen atoms in total. The topological polar surface area (TPSA) is 63.0 Å². The van der Waals surface area contributed by atoms with Gasteiger partial charge in [0.25, 0.3) is 0 Å². The normalized spacial score (nSPS) is 15.6. The average Bonchev–Trinajstić information content (AvgIpc) is 3.38. The molecule has 1 aliphatic rings. The number of fused-ring (bicyclic) bond motifs is 1. The molecule has 194 valence electrons. The van der Waals surface area contributed by atoms with Crippen LogP contribution in [-0.2, 0) is 13.3 Å². The van der Waals surface area contributed by atoms with Gasteiger partial charge in [0.1, 0.15) is 22.8 Å². The highest BCUT2D eigenvalue weighted by molar-refractivity contribution is 5.83. The quantitative estimate of drug-likeness (QED) is 0.342. The maximum absolute atomic E-state index is 14.2. The third-order valence-corrected chi connectivity index (χ3v) is 7.13. The van der Waals surface area contributed by atoms with Crippen molar-refractivity contribution in [2.24, 2.45) is 5.92 Å². The van der Waals surface area contributed by atoms with Crippen molar-refractivity contribution in [3.63, 3.8) is 0 Å². The van der Waals surface area contributed by atoms with Crippen LogP contribution in [0.25, 0.3) is 22.3 Å². The molecule has 4 aromatic rings. The van der Waals surface area contributed by atoms with Gasteiger partial charge in [0.2, 0.25) is 0 Å². The third-order valence-electron chi connectivity index (χ3n) is 7.13. The lowest BCUT2D eigenvalue weighted by atomic mass is 9.94. The molecule has 10 heteroatoms. The van der Waals surface area contributed by atoms with E-state index < -0.39 is 18.4 Å². The molecule has 4 heterocycles. The molecule has 1 aromatic carbocycles. The molecule has 5 rings (SSSR count). The number of benzene rings is 1. The molecule has 1 unspecified atom stereocenters. The number of hydrogen-bond acceptors (Lipinski definition) is 6. The van der Waals surface area contributed by atoms with Gasteiger partial charge in [-0.15, -0.1) is 0 Å². The van der Waals surface area contributed by atoms with Gasteiger partial charge in [-0.05, 0) is 18.1 Å². The van der Waals surface area contributed by atoms with Crippen LogP contribution in [0.3, 0.4) is 0 Å². The summed E-state index contributed by atoms with van der Waals surface area (Å²) in [6.07, 6.45) is 4.96. The second kappa shape index (κ2) is 10.5. The van der Waals surface area contributed by atoms with E-state index in [4.69, 9.17) is 9.97 Å². The van der Waals surface area contributed by atoms with E-state index in [9.17, 15) is 13.2 Å². The Bertz CT molecular complexity index is 1400. The maximum Gasteiger partial charge on any atom is 0.181 e. The molecule has 3 aromatic heterocycles. The molecular weight excluding hydrogens is 479 g/mol. The Hall–Kier alpha value is -3.53. The smallest absolute Gasteiger partial charge is 0.181 e. The summed E-state index contributed by atoms with van der Waals surface area (Å²) in [6, 6.07) is 5.70. The zero-order chi connectivity index (χ0) is 26.1. The van der Waals surface area contributed by atoms with Gasteiger partial charge in [-0.1, -0.05) is 26.8 Å². The number of alkyl halides is 1. The Kier molecular flexibility index (Phi) is 7.10. The van der Waals surface area contributed by atoms with Crippen molar-refractivity contribution >= 4 is 16.9 Å². The van der Waals surface area contributed by atoms with Crippen LogP contribution in [0.5, 0.6) is 0 Å². The SMILES string of the molecule is CC(C)C(C)c1cc2nc(N3CCN(Cc4ccc(F)cc4F)CC3)c(-c3cnn(CF)c3)nc2cn1. The lowest BCUT2D eigenvalue weighted by molar-refractivity contribution is 0.246. The number of piperazine rings is 1. The van der Waals surface area contributed by atoms with Crippen LogP contribution >= 0.6 is 0 Å². The number of anilines is 1. The fourth-order valence-corrected chi connectivity index (χ4v) is 4.53. The van der Waals surface area contributed by atoms with Crippen molar-refractivity contribution in [1.82, 2.24) is 29.6 Å². The fraction of sp³-hybridized carbons (Fsp3) is 0.407. The summed E-state index contributed by atoms with van der Waals surface area (Å²) in [4.78, 5) is 18.8. The first kappa shape index (κ1) is 25.1. The predicted molar refractivity (Wildman–Crippen MR) is 137 cm³/mol. The van der Waals surface area contributed by atoms with Crippen LogP contribution in [-0.4, -0.2) is 55.8 Å². The Balaban J connectivity index is 1.45. The van der Waals surface area contributed by atoms with Crippen molar-refractivity contribution in [3.05, 3.63) is 65.7 Å². The molecule has 0 N–H and O–H groups in total. The van der Waals surface area contributed by atoms with Crippen LogP contribution in [0.2, 0.25) is 0 Å². The largest absolute Gasteiger partial charge is 0.352 e. The van der Waals surface area contributed by atoms with E-state index in [1.54, 1.807) is 18.6 Å². The minimum atomic E-state index is -0.729. The molecular formula is C27H30F3N7. The second-order valence-electron chi connectivity index (χ2n) is 9.91. The van der Waals surface area contributed by atoms with E-state index in [1.807, 2.05) is 6.07 Å². The average molecular weight is 510 g/mol. The zero-order valence-corrected chi connectivity index (χ0v) is 21.2. The molecule has 0 radical (unpaired) electrons. The standard InChI is InChI=1S/C27H30F3N7/c1-17(2)18(3)23-11-24-25(13-31-23)33-26(20-12-32-37(15-20)16-28)27(34-24)36-8-6-35(7-9-36)14-19-4-5-21(29)10-22(19)30/h4-5,10-13,15,17-18H,6-9,14,16H2,1-3H3. The first-order valence-corrected chi connectivity index (χ1v) is 12.5. The van der Waals surface area contributed by atoms with E-state index >= 15 is 0 Å². The van der Waals surface area contributed by atoms with Gasteiger partial charge in [0.15, 0.2) is 12.6 Å². The molecule has 0 amide bonds. The van der Waals surface area contributed by atoms with Crippen molar-refractivity contribution in [2.75, 3.05) is 31.1 Å². The molecule has 1 fully saturated rings. The van der Waals surface area contributed by atoms with Crippen LogP contribution < -0.4 is 4.90 Å². The van der Waals surface area contributed by atoms with Gasteiger partial charge in [0, 0.05) is 67.7 Å². The van der Waals surface area contributed by atoms with E-state index in [2.05, 4.69) is 40.7 Å². The van der Waals surface area contributed by atoms with Crippen molar-refractivity contribution in [3.8, 4) is 11.3 Å². The molecule has 0 bridgehead atoms. The molecule has 37 heavy (non-hydrogen) atoms. The number of rotatable bonds is 7. The van der Waals surface area contributed by atoms with Crippen LogP contribution in [0, 0.1) is 17.6 Å². The van der Waals surface area contributed by atoms with E-state index in [0.29, 0.717) is 66.8 Å². The number of aromatic nitrogens is 5. The van der Waals surface area contributed by atoms with Crippen molar-refractivity contribution in [1.29, 1.82) is 0 Å². The fourth-order valence-electron chi connectivity index (χ4n) is 4.53. The van der Waals surface area contributed by atoms with E-state index in [1.165, 1.54) is 16.8 Å². The molecule has 1 atom stereocenters. The number of pyridine rings is 1. The van der Waals surface area contributed by atoms with Gasteiger partial charge in [0.05, 0.1) is 17.9 Å². The highest BCUT2D eigenvalue weighted by atomic mass is 19.1. The first-order valence-electron chi connectivity index (χ1n) is 12.5. The predicted octanol–water partition coefficient (Wildman–Crippen LogP) is 5.18. The monoisotopic (exact) mass is 509 g/mol. The Morgan fingerprint density at radius 3 is 2.41 bits per heavy atom. The van der Waals surface area contributed by atoms with Crippen LogP contribution in [0.1, 0.15) is 37.9 Å². The summed E-state index contributed by atoms with van der Waals surface area (Å²) < 4.78 is 41.9. The van der Waals surface area contributed by atoms with Crippen molar-refractivity contribution in [2.45, 2.75) is 40.0 Å². The molecule has 0 saturated carbocycles. The van der Waals surface area contributed by atoms with E-state index in [-0.39, 0.29) is 5.92 Å². The molecule has 0 aliphatic carbocycles. The summed E-state index contributed by atoms with van der Waals surface area (Å²) in [6.45, 7) is 8.79. The second-order valence-corrected chi connectivity index (χ2v) is 9.91. The Labute approximate surface area is 214 Å². The Morgan fingerprint density at radius 2 is 1.73 bits per heavy atom. The van der Waals surface area contributed by atoms with Gasteiger partial charge >= 0.3 is 0 Å². The van der Waals surface area contributed by atoms with Gasteiger partial charge in [-0.2, -0.15) is 5.10 Å². The van der Waals surface area contributed by atoms with Crippen molar-refractivity contribution < 1.29 is 13.2 Å². The summed E-state index contributed by atoms with van der Waals surface area (Å²) in [7, 11) is 0. The Morgan fingerprint density at radius 1 is 0.946 bits per heavy atom. The number of nitrogens with zero attached hydrogens (tertiary/aromatic N) is 7. The minimum Gasteiger partial charge on any atom is -0.352 e. The number of hydrogen-bond donors (Lipinski definition) is 0. The highest BCUT2D eigenvalue weighted by Gasteiger charge is 2.24. The zero-order valence-electron chi connectivity index (χ0n) is 21.2. The van der Waals surface area contributed by atoms with Crippen LogP contribution in [0.15, 0.2) is 42.9 Å². The summed E-state index contributed by atoms with van der Waals surface area (Å²) >= 11 is 0. The lowest BCUT2D eigenvalue weighted by Gasteiger charge is -2.36. The summed E-state index contributed by atoms with van der Waals surface area (Å²) in [5.74, 6) is 0.295. The van der Waals surface area contributed by atoms with Gasteiger partial charge in [-0.3, -0.25) is 9.88 Å².